The quantitative estimate of drug-likeness (QED) is 0.488. The number of ketones is 1. The molecule has 0 amide bonds. The van der Waals surface area contributed by atoms with Crippen molar-refractivity contribution in [3.63, 3.8) is 0 Å². The summed E-state index contributed by atoms with van der Waals surface area (Å²) in [6.07, 6.45) is 8.43. The molecule has 4 saturated carbocycles. The second kappa shape index (κ2) is 8.15. The fourth-order valence-electron chi connectivity index (χ4n) is 10.7. The lowest BCUT2D eigenvalue weighted by molar-refractivity contribution is -0.187. The van der Waals surface area contributed by atoms with Gasteiger partial charge in [-0.25, -0.2) is 4.79 Å². The first-order valence-corrected chi connectivity index (χ1v) is 14.3. The zero-order valence-electron chi connectivity index (χ0n) is 23.8. The van der Waals surface area contributed by atoms with E-state index in [0.29, 0.717) is 29.6 Å². The molecular weight excluding hydrogens is 452 g/mol. The van der Waals surface area contributed by atoms with Crippen molar-refractivity contribution < 1.29 is 24.2 Å². The van der Waals surface area contributed by atoms with Crippen LogP contribution in [0.15, 0.2) is 11.6 Å². The summed E-state index contributed by atoms with van der Waals surface area (Å²) in [7, 11) is 1.80. The summed E-state index contributed by atoms with van der Waals surface area (Å²) >= 11 is 0. The summed E-state index contributed by atoms with van der Waals surface area (Å²) in [6.45, 7) is 15.6. The maximum atomic E-state index is 14.9. The Labute approximate surface area is 217 Å². The van der Waals surface area contributed by atoms with Gasteiger partial charge in [0.2, 0.25) is 0 Å². The van der Waals surface area contributed by atoms with Crippen LogP contribution in [0.2, 0.25) is 0 Å². The molecule has 36 heavy (non-hydrogen) atoms. The number of carbonyl (C=O) groups excluding carboxylic acids is 2. The van der Waals surface area contributed by atoms with Gasteiger partial charge in [-0.3, -0.25) is 4.79 Å². The number of methoxy groups -OCH3 is 1. The molecule has 5 aliphatic rings. The molecule has 0 saturated heterocycles. The second-order valence-corrected chi connectivity index (χ2v) is 14.5. The van der Waals surface area contributed by atoms with Crippen LogP contribution in [-0.4, -0.2) is 42.3 Å². The summed E-state index contributed by atoms with van der Waals surface area (Å²) in [5.41, 5.74) is -0.802. The van der Waals surface area contributed by atoms with Gasteiger partial charge in [-0.15, -0.1) is 0 Å². The fraction of sp³-hybridized carbons (Fsp3) is 0.871. The molecule has 1 N–H and O–H groups in total. The molecule has 0 radical (unpaired) electrons. The van der Waals surface area contributed by atoms with Gasteiger partial charge in [0.05, 0.1) is 17.6 Å². The molecular formula is C31H48O5. The molecule has 0 bridgehead atoms. The van der Waals surface area contributed by atoms with Crippen LogP contribution in [0.3, 0.4) is 0 Å². The van der Waals surface area contributed by atoms with Crippen LogP contribution >= 0.6 is 0 Å². The molecule has 1 spiro atoms. The minimum Gasteiger partial charge on any atom is -0.455 e. The van der Waals surface area contributed by atoms with Gasteiger partial charge in [0.15, 0.2) is 0 Å². The Bertz CT molecular complexity index is 983. The number of esters is 1. The number of cyclic esters (lactones) is 1. The van der Waals surface area contributed by atoms with Gasteiger partial charge >= 0.3 is 5.97 Å². The van der Waals surface area contributed by atoms with E-state index in [1.807, 2.05) is 13.0 Å². The lowest BCUT2D eigenvalue weighted by Crippen LogP contribution is -2.64. The maximum Gasteiger partial charge on any atom is 0.334 e. The highest BCUT2D eigenvalue weighted by molar-refractivity contribution is 5.94. The molecule has 202 valence electrons. The van der Waals surface area contributed by atoms with Gasteiger partial charge in [0, 0.05) is 18.1 Å². The van der Waals surface area contributed by atoms with E-state index in [0.717, 1.165) is 44.9 Å². The van der Waals surface area contributed by atoms with Crippen LogP contribution in [-0.2, 0) is 19.1 Å². The van der Waals surface area contributed by atoms with E-state index in [1.165, 1.54) is 0 Å². The van der Waals surface area contributed by atoms with Crippen LogP contribution in [0.4, 0.5) is 0 Å². The van der Waals surface area contributed by atoms with Gasteiger partial charge in [-0.05, 0) is 98.4 Å². The van der Waals surface area contributed by atoms with Crippen molar-refractivity contribution in [1.82, 2.24) is 0 Å². The number of ether oxygens (including phenoxy) is 2. The molecule has 5 rings (SSSR count). The fourth-order valence-corrected chi connectivity index (χ4v) is 10.7. The van der Waals surface area contributed by atoms with Crippen molar-refractivity contribution in [3.05, 3.63) is 11.6 Å². The summed E-state index contributed by atoms with van der Waals surface area (Å²) < 4.78 is 11.5. The van der Waals surface area contributed by atoms with Crippen molar-refractivity contribution in [2.24, 2.45) is 44.8 Å². The van der Waals surface area contributed by atoms with E-state index in [-0.39, 0.29) is 40.3 Å². The van der Waals surface area contributed by atoms with E-state index in [4.69, 9.17) is 9.47 Å². The maximum absolute atomic E-state index is 14.9. The molecule has 5 heteroatoms. The highest BCUT2D eigenvalue weighted by atomic mass is 16.5. The molecule has 0 aromatic carbocycles. The Hall–Kier alpha value is -1.20. The summed E-state index contributed by atoms with van der Waals surface area (Å²) in [4.78, 5) is 26.8. The SMILES string of the molecule is CO[C@@H]1CC[C@@]2(C)[C@@H](C[C@@H](O)[C@]23CC[C@]2(C)[C@@H]([C@H](C)C[C@@H]4C=C(C)C(=O)O4)CC[C@@]2(C)C3=O)C1(C)C. The predicted octanol–water partition coefficient (Wildman–Crippen LogP) is 5.88. The summed E-state index contributed by atoms with van der Waals surface area (Å²) in [5, 5.41) is 11.8. The first-order valence-electron chi connectivity index (χ1n) is 14.3. The number of aliphatic hydroxyl groups is 1. The molecule has 1 aliphatic heterocycles. The predicted molar refractivity (Wildman–Crippen MR) is 139 cm³/mol. The topological polar surface area (TPSA) is 72.8 Å². The van der Waals surface area contributed by atoms with Gasteiger partial charge in [0.1, 0.15) is 11.9 Å². The van der Waals surface area contributed by atoms with Crippen LogP contribution in [0.25, 0.3) is 0 Å². The number of Topliss-reactive ketones (excluding diaryl/α,β-unsaturated/α-hetero) is 1. The first-order chi connectivity index (χ1) is 16.7. The number of hydrogen-bond donors (Lipinski definition) is 1. The van der Waals surface area contributed by atoms with E-state index in [2.05, 4.69) is 41.5 Å². The third kappa shape index (κ3) is 3.08. The molecule has 1 heterocycles. The highest BCUT2D eigenvalue weighted by Gasteiger charge is 2.76. The molecule has 5 nitrogen and oxygen atoms in total. The zero-order valence-corrected chi connectivity index (χ0v) is 23.8. The number of rotatable bonds is 4. The Morgan fingerprint density at radius 3 is 2.36 bits per heavy atom. The standard InChI is InChI=1S/C31H48O5/c1-18(15-20-16-19(2)25(33)36-20)21-9-11-30(7)26(34)31(14-13-28(21,30)5)23(32)17-22-27(3,4)24(35-8)10-12-29(22,31)6/h16,18,20-24,32H,9-15,17H2,1-8H3/t18-,20-,21-,22+,23-,24-,28-,29+,30+,31+/m1/s1. The molecule has 4 fully saturated rings. The molecule has 0 aromatic heterocycles. The van der Waals surface area contributed by atoms with Crippen molar-refractivity contribution >= 4 is 11.8 Å². The van der Waals surface area contributed by atoms with Gasteiger partial charge in [0.25, 0.3) is 0 Å². The van der Waals surface area contributed by atoms with Gasteiger partial charge in [-0.2, -0.15) is 0 Å². The normalized spacial score (nSPS) is 50.6. The van der Waals surface area contributed by atoms with Crippen LogP contribution in [0.5, 0.6) is 0 Å². The van der Waals surface area contributed by atoms with E-state index in [9.17, 15) is 14.7 Å². The Kier molecular flexibility index (Phi) is 5.98. The minimum atomic E-state index is -0.666. The summed E-state index contributed by atoms with van der Waals surface area (Å²) in [5.74, 6) is 1.16. The number of hydrogen-bond acceptors (Lipinski definition) is 5. The zero-order chi connectivity index (χ0) is 26.5. The highest BCUT2D eigenvalue weighted by Crippen LogP contribution is 2.76. The lowest BCUT2D eigenvalue weighted by atomic mass is 9.41. The molecule has 4 aliphatic carbocycles. The Morgan fingerprint density at radius 1 is 1.06 bits per heavy atom. The molecule has 0 aromatic rings. The van der Waals surface area contributed by atoms with Crippen molar-refractivity contribution in [1.29, 1.82) is 0 Å². The van der Waals surface area contributed by atoms with E-state index >= 15 is 0 Å². The second-order valence-electron chi connectivity index (χ2n) is 14.5. The van der Waals surface area contributed by atoms with E-state index < -0.39 is 16.9 Å². The summed E-state index contributed by atoms with van der Waals surface area (Å²) in [6, 6.07) is 0. The lowest BCUT2D eigenvalue weighted by Gasteiger charge is -2.62. The average molecular weight is 501 g/mol. The monoisotopic (exact) mass is 500 g/mol. The number of fused-ring (bicyclic) bond motifs is 3. The molecule has 0 unspecified atom stereocenters. The van der Waals surface area contributed by atoms with Gasteiger partial charge in [-0.1, -0.05) is 41.5 Å². The third-order valence-corrected chi connectivity index (χ3v) is 13.0. The van der Waals surface area contributed by atoms with Crippen LogP contribution < -0.4 is 0 Å². The number of carbonyl (C=O) groups is 2. The molecule has 10 atom stereocenters. The van der Waals surface area contributed by atoms with Crippen molar-refractivity contribution in [2.75, 3.05) is 7.11 Å². The third-order valence-electron chi connectivity index (χ3n) is 13.0. The average Bonchev–Trinajstić information content (AvgIpc) is 3.35. The first kappa shape index (κ1) is 26.4. The minimum absolute atomic E-state index is 0.0781. The Morgan fingerprint density at radius 2 is 1.75 bits per heavy atom. The van der Waals surface area contributed by atoms with Crippen LogP contribution in [0, 0.1) is 44.8 Å². The van der Waals surface area contributed by atoms with Gasteiger partial charge < -0.3 is 14.6 Å². The van der Waals surface area contributed by atoms with Crippen molar-refractivity contribution in [3.8, 4) is 0 Å². The Balaban J connectivity index is 1.45. The van der Waals surface area contributed by atoms with Crippen LogP contribution in [0.1, 0.15) is 99.8 Å². The smallest absolute Gasteiger partial charge is 0.334 e. The van der Waals surface area contributed by atoms with E-state index in [1.54, 1.807) is 7.11 Å². The largest absolute Gasteiger partial charge is 0.455 e. The number of aliphatic hydroxyl groups excluding tert-OH is 1. The van der Waals surface area contributed by atoms with Crippen molar-refractivity contribution in [2.45, 2.75) is 118 Å².